The highest BCUT2D eigenvalue weighted by Gasteiger charge is 2.24. The lowest BCUT2D eigenvalue weighted by atomic mass is 9.94. The lowest BCUT2D eigenvalue weighted by Gasteiger charge is -2.31. The van der Waals surface area contributed by atoms with Gasteiger partial charge in [-0.2, -0.15) is 0 Å². The summed E-state index contributed by atoms with van der Waals surface area (Å²) < 4.78 is 10.8. The zero-order chi connectivity index (χ0) is 24.2. The fourth-order valence-electron chi connectivity index (χ4n) is 4.32. The van der Waals surface area contributed by atoms with Gasteiger partial charge in [0.2, 0.25) is 0 Å². The fourth-order valence-corrected chi connectivity index (χ4v) is 5.04. The third kappa shape index (κ3) is 4.91. The van der Waals surface area contributed by atoms with Crippen LogP contribution in [0.5, 0.6) is 11.5 Å². The van der Waals surface area contributed by atoms with Crippen molar-refractivity contribution in [2.24, 2.45) is 5.92 Å². The Hall–Kier alpha value is -3.01. The number of piperidine rings is 1. The van der Waals surface area contributed by atoms with Gasteiger partial charge < -0.3 is 14.4 Å². The first-order valence-corrected chi connectivity index (χ1v) is 11.8. The summed E-state index contributed by atoms with van der Waals surface area (Å²) in [6, 6.07) is 7.48. The predicted octanol–water partition coefficient (Wildman–Crippen LogP) is 5.43. The number of hydrogen-bond donors (Lipinski definition) is 0. The molecule has 0 radical (unpaired) electrons. The third-order valence-corrected chi connectivity index (χ3v) is 6.75. The summed E-state index contributed by atoms with van der Waals surface area (Å²) in [5.74, 6) is 7.26. The van der Waals surface area contributed by atoms with Gasteiger partial charge in [-0.15, -0.1) is 0 Å². The van der Waals surface area contributed by atoms with Crippen molar-refractivity contribution in [2.75, 3.05) is 27.3 Å². The molecule has 8 heteroatoms. The maximum absolute atomic E-state index is 12.1. The Labute approximate surface area is 209 Å². The number of hydrogen-bond acceptors (Lipinski definition) is 5. The number of carbonyl (C=O) groups is 1. The average Bonchev–Trinajstić information content (AvgIpc) is 2.84. The predicted molar refractivity (Wildman–Crippen MR) is 135 cm³/mol. The van der Waals surface area contributed by atoms with Gasteiger partial charge in [-0.05, 0) is 49.3 Å². The van der Waals surface area contributed by atoms with Crippen LogP contribution in [-0.4, -0.2) is 48.1 Å². The number of amides is 1. The van der Waals surface area contributed by atoms with Crippen LogP contribution >= 0.6 is 23.2 Å². The largest absolute Gasteiger partial charge is 0.495 e. The molecule has 1 amide bonds. The van der Waals surface area contributed by atoms with Crippen LogP contribution in [0.25, 0.3) is 22.0 Å². The standard InChI is InChI=1S/C26H25Cl2N3O3/c1-4-6-23(32)31-10-5-7-16(15-31)11-22-29-14-18-12-17(8-9-19(18)30-22)24-25(27)20(33-2)13-21(34-3)26(24)28/h8-9,12-14,16H,5,7,10-11,15H2,1-3H3/t16-/m1/s1. The lowest BCUT2D eigenvalue weighted by Crippen LogP contribution is -2.40. The molecule has 0 saturated carbocycles. The molecule has 0 N–H and O–H groups in total. The monoisotopic (exact) mass is 497 g/mol. The number of benzene rings is 2. The van der Waals surface area contributed by atoms with Crippen LogP contribution in [0.15, 0.2) is 30.5 Å². The van der Waals surface area contributed by atoms with Crippen LogP contribution in [0.1, 0.15) is 25.6 Å². The Bertz CT molecular complexity index is 1270. The number of fused-ring (bicyclic) bond motifs is 1. The van der Waals surface area contributed by atoms with Crippen molar-refractivity contribution in [3.63, 3.8) is 0 Å². The van der Waals surface area contributed by atoms with E-state index in [0.717, 1.165) is 41.7 Å². The van der Waals surface area contributed by atoms with Crippen LogP contribution in [0.4, 0.5) is 0 Å². The number of ether oxygens (including phenoxy) is 2. The van der Waals surface area contributed by atoms with Gasteiger partial charge in [-0.25, -0.2) is 9.97 Å². The van der Waals surface area contributed by atoms with Gasteiger partial charge >= 0.3 is 0 Å². The summed E-state index contributed by atoms with van der Waals surface area (Å²) in [5, 5.41) is 1.69. The van der Waals surface area contributed by atoms with Crippen molar-refractivity contribution in [3.8, 4) is 34.5 Å². The summed E-state index contributed by atoms with van der Waals surface area (Å²) in [7, 11) is 3.10. The number of nitrogens with zero attached hydrogens (tertiary/aromatic N) is 3. The molecule has 0 bridgehead atoms. The summed E-state index contributed by atoms with van der Waals surface area (Å²) >= 11 is 13.2. The number of likely N-dealkylation sites (tertiary alicyclic amines) is 1. The number of aromatic nitrogens is 2. The van der Waals surface area contributed by atoms with Gasteiger partial charge in [0.1, 0.15) is 17.3 Å². The van der Waals surface area contributed by atoms with Crippen LogP contribution in [0.3, 0.4) is 0 Å². The second-order valence-corrected chi connectivity index (χ2v) is 8.94. The molecule has 0 unspecified atom stereocenters. The maximum Gasteiger partial charge on any atom is 0.298 e. The lowest BCUT2D eigenvalue weighted by molar-refractivity contribution is -0.126. The molecule has 1 atom stereocenters. The van der Waals surface area contributed by atoms with Crippen molar-refractivity contribution < 1.29 is 14.3 Å². The number of rotatable bonds is 5. The fraction of sp³-hybridized carbons (Fsp3) is 0.346. The Morgan fingerprint density at radius 1 is 1.18 bits per heavy atom. The number of halogens is 2. The molecule has 0 aliphatic carbocycles. The number of methoxy groups -OCH3 is 2. The van der Waals surface area contributed by atoms with E-state index in [1.165, 1.54) is 0 Å². The summed E-state index contributed by atoms with van der Waals surface area (Å²) in [6.45, 7) is 3.12. The molecule has 34 heavy (non-hydrogen) atoms. The van der Waals surface area contributed by atoms with E-state index in [2.05, 4.69) is 16.8 Å². The highest BCUT2D eigenvalue weighted by molar-refractivity contribution is 6.41. The molecular formula is C26H25Cl2N3O3. The average molecular weight is 498 g/mol. The minimum Gasteiger partial charge on any atom is -0.495 e. The van der Waals surface area contributed by atoms with Gasteiger partial charge in [0.05, 0.1) is 29.8 Å². The molecule has 1 fully saturated rings. The SMILES string of the molecule is CC#CC(=O)N1CCC[C@H](Cc2ncc3cc(-c4c(Cl)c(OC)cc(OC)c4Cl)ccc3n2)C1. The van der Waals surface area contributed by atoms with Gasteiger partial charge in [0.15, 0.2) is 0 Å². The normalized spacial score (nSPS) is 15.6. The van der Waals surface area contributed by atoms with Crippen molar-refractivity contribution in [3.05, 3.63) is 46.3 Å². The molecule has 1 aliphatic heterocycles. The summed E-state index contributed by atoms with van der Waals surface area (Å²) in [5.41, 5.74) is 2.28. The van der Waals surface area contributed by atoms with E-state index in [4.69, 9.17) is 37.7 Å². The van der Waals surface area contributed by atoms with Crippen molar-refractivity contribution in [1.29, 1.82) is 0 Å². The van der Waals surface area contributed by atoms with Gasteiger partial charge in [-0.1, -0.05) is 35.2 Å². The Balaban J connectivity index is 1.60. The van der Waals surface area contributed by atoms with E-state index < -0.39 is 0 Å². The van der Waals surface area contributed by atoms with Crippen molar-refractivity contribution in [1.82, 2.24) is 14.9 Å². The molecule has 1 saturated heterocycles. The maximum atomic E-state index is 12.1. The first-order chi connectivity index (χ1) is 16.4. The molecule has 2 heterocycles. The molecule has 4 rings (SSSR count). The zero-order valence-corrected chi connectivity index (χ0v) is 20.8. The van der Waals surface area contributed by atoms with E-state index in [9.17, 15) is 4.79 Å². The van der Waals surface area contributed by atoms with Crippen molar-refractivity contribution >= 4 is 40.0 Å². The molecule has 176 valence electrons. The molecular weight excluding hydrogens is 473 g/mol. The third-order valence-electron chi connectivity index (χ3n) is 6.00. The topological polar surface area (TPSA) is 64.6 Å². The zero-order valence-electron chi connectivity index (χ0n) is 19.3. The molecule has 6 nitrogen and oxygen atoms in total. The minimum atomic E-state index is -0.106. The second-order valence-electron chi connectivity index (χ2n) is 8.18. The van der Waals surface area contributed by atoms with E-state index in [1.807, 2.05) is 29.3 Å². The minimum absolute atomic E-state index is 0.106. The first-order valence-electron chi connectivity index (χ1n) is 11.0. The highest BCUT2D eigenvalue weighted by Crippen LogP contribution is 2.46. The smallest absolute Gasteiger partial charge is 0.298 e. The van der Waals surface area contributed by atoms with E-state index >= 15 is 0 Å². The van der Waals surface area contributed by atoms with Crippen LogP contribution in [-0.2, 0) is 11.2 Å². The summed E-state index contributed by atoms with van der Waals surface area (Å²) in [4.78, 5) is 23.3. The number of carbonyl (C=O) groups excluding carboxylic acids is 1. The molecule has 3 aromatic rings. The van der Waals surface area contributed by atoms with Crippen LogP contribution in [0.2, 0.25) is 10.0 Å². The highest BCUT2D eigenvalue weighted by atomic mass is 35.5. The van der Waals surface area contributed by atoms with E-state index in [0.29, 0.717) is 46.0 Å². The van der Waals surface area contributed by atoms with Crippen molar-refractivity contribution in [2.45, 2.75) is 26.2 Å². The van der Waals surface area contributed by atoms with Gasteiger partial charge in [-0.3, -0.25) is 4.79 Å². The van der Waals surface area contributed by atoms with Crippen LogP contribution < -0.4 is 9.47 Å². The summed E-state index contributed by atoms with van der Waals surface area (Å²) in [6.07, 6.45) is 4.53. The van der Waals surface area contributed by atoms with Gasteiger partial charge in [0.25, 0.3) is 5.91 Å². The Kier molecular flexibility index (Phi) is 7.45. The molecule has 1 aliphatic rings. The van der Waals surface area contributed by atoms with E-state index in [-0.39, 0.29) is 5.91 Å². The Morgan fingerprint density at radius 2 is 1.91 bits per heavy atom. The van der Waals surface area contributed by atoms with Crippen LogP contribution in [0, 0.1) is 17.8 Å². The van der Waals surface area contributed by atoms with Gasteiger partial charge in [0, 0.05) is 42.7 Å². The molecule has 0 spiro atoms. The second kappa shape index (κ2) is 10.5. The Morgan fingerprint density at radius 3 is 2.59 bits per heavy atom. The van der Waals surface area contributed by atoms with E-state index in [1.54, 1.807) is 27.2 Å². The first kappa shape index (κ1) is 24.1. The quantitative estimate of drug-likeness (QED) is 0.440. The molecule has 2 aromatic carbocycles. The molecule has 1 aromatic heterocycles.